The van der Waals surface area contributed by atoms with Crippen LogP contribution in [-0.4, -0.2) is 31.5 Å². The highest BCUT2D eigenvalue weighted by molar-refractivity contribution is 7.78. The third kappa shape index (κ3) is 3.30. The molecule has 0 spiro atoms. The summed E-state index contributed by atoms with van der Waals surface area (Å²) < 4.78 is 25.4. The molecule has 3 heterocycles. The number of benzene rings is 1. The summed E-state index contributed by atoms with van der Waals surface area (Å²) in [5.74, 6) is 0.631. The Morgan fingerprint density at radius 1 is 1.25 bits per heavy atom. The van der Waals surface area contributed by atoms with Crippen LogP contribution in [0.4, 0.5) is 5.82 Å². The van der Waals surface area contributed by atoms with Gasteiger partial charge in [0.1, 0.15) is 0 Å². The second-order valence-corrected chi connectivity index (χ2v) is 7.88. The molecule has 1 saturated heterocycles. The van der Waals surface area contributed by atoms with E-state index in [0.29, 0.717) is 11.1 Å². The van der Waals surface area contributed by atoms with Crippen molar-refractivity contribution in [2.75, 3.05) is 18.0 Å². The molecular weight excluding hydrogens is 372 g/mol. The molecule has 28 heavy (non-hydrogen) atoms. The van der Waals surface area contributed by atoms with Crippen LogP contribution < -0.4 is 4.90 Å². The maximum Gasteiger partial charge on any atom is 0.154 e. The first kappa shape index (κ1) is 18.7. The number of hydrogen-bond acceptors (Lipinski definition) is 5. The van der Waals surface area contributed by atoms with Crippen molar-refractivity contribution in [1.82, 2.24) is 9.61 Å². The molecule has 1 aliphatic heterocycles. The molecule has 144 valence electrons. The lowest BCUT2D eigenvalue weighted by molar-refractivity contribution is 0.536. The van der Waals surface area contributed by atoms with Crippen molar-refractivity contribution in [3.8, 4) is 17.2 Å². The van der Waals surface area contributed by atoms with Crippen molar-refractivity contribution in [1.29, 1.82) is 5.26 Å². The molecule has 1 fully saturated rings. The standard InChI is InChI=1S/C21H22N4O2S/c1-2-17-8-9-19-20(16-7-5-6-15(12-16)13-22)18(14-28(26)27)21(23-25(17)19)24-10-3-4-11-24/h5-9,12H,2-4,10-11,14H2,1H3,(H,26,27)/p-1. The smallest absolute Gasteiger partial charge is 0.154 e. The van der Waals surface area contributed by atoms with Crippen molar-refractivity contribution < 1.29 is 8.76 Å². The summed E-state index contributed by atoms with van der Waals surface area (Å²) in [6, 6.07) is 13.5. The number of aromatic nitrogens is 2. The van der Waals surface area contributed by atoms with Gasteiger partial charge in [0.2, 0.25) is 0 Å². The lowest BCUT2D eigenvalue weighted by atomic mass is 9.99. The lowest BCUT2D eigenvalue weighted by Crippen LogP contribution is -2.23. The normalized spacial score (nSPS) is 15.1. The van der Waals surface area contributed by atoms with Gasteiger partial charge in [-0.2, -0.15) is 5.26 Å². The van der Waals surface area contributed by atoms with Gasteiger partial charge in [0.05, 0.1) is 17.1 Å². The zero-order valence-electron chi connectivity index (χ0n) is 15.7. The van der Waals surface area contributed by atoms with Gasteiger partial charge in [0.15, 0.2) is 5.82 Å². The first-order valence-corrected chi connectivity index (χ1v) is 10.7. The lowest BCUT2D eigenvalue weighted by Gasteiger charge is -2.24. The predicted octanol–water partition coefficient (Wildman–Crippen LogP) is 3.41. The van der Waals surface area contributed by atoms with Crippen LogP contribution in [0.15, 0.2) is 36.4 Å². The van der Waals surface area contributed by atoms with Gasteiger partial charge in [-0.15, -0.1) is 5.10 Å². The Hall–Kier alpha value is -2.69. The Balaban J connectivity index is 2.07. The van der Waals surface area contributed by atoms with E-state index in [9.17, 15) is 14.0 Å². The fourth-order valence-corrected chi connectivity index (χ4v) is 4.48. The molecule has 0 radical (unpaired) electrons. The maximum absolute atomic E-state index is 11.7. The predicted molar refractivity (Wildman–Crippen MR) is 109 cm³/mol. The molecule has 0 amide bonds. The van der Waals surface area contributed by atoms with Crippen LogP contribution >= 0.6 is 0 Å². The summed E-state index contributed by atoms with van der Waals surface area (Å²) in [7, 11) is 0. The van der Waals surface area contributed by atoms with Gasteiger partial charge in [-0.25, -0.2) is 4.52 Å². The van der Waals surface area contributed by atoms with E-state index in [2.05, 4.69) is 17.9 Å². The SMILES string of the molecule is CCc1ccc2c(-c3cccc(C#N)c3)c(CS(=O)[O-])c(N3CCCC3)nn12. The second-order valence-electron chi connectivity index (χ2n) is 6.99. The number of rotatable bonds is 5. The van der Waals surface area contributed by atoms with Crippen molar-refractivity contribution in [3.05, 3.63) is 53.2 Å². The summed E-state index contributed by atoms with van der Waals surface area (Å²) in [4.78, 5) is 2.18. The molecule has 2 aromatic heterocycles. The van der Waals surface area contributed by atoms with Crippen molar-refractivity contribution in [2.45, 2.75) is 31.9 Å². The van der Waals surface area contributed by atoms with Crippen LogP contribution in [-0.2, 0) is 23.3 Å². The van der Waals surface area contributed by atoms with E-state index in [0.717, 1.165) is 60.5 Å². The molecule has 1 aliphatic rings. The molecular formula is C21H21N4O2S-. The van der Waals surface area contributed by atoms with Gasteiger partial charge in [-0.3, -0.25) is 4.21 Å². The van der Waals surface area contributed by atoms with Crippen LogP contribution in [0.2, 0.25) is 0 Å². The van der Waals surface area contributed by atoms with Crippen LogP contribution in [0.5, 0.6) is 0 Å². The second kappa shape index (κ2) is 7.74. The minimum atomic E-state index is -2.25. The average Bonchev–Trinajstić information content (AvgIpc) is 3.36. The van der Waals surface area contributed by atoms with Crippen molar-refractivity contribution >= 4 is 22.4 Å². The van der Waals surface area contributed by atoms with E-state index < -0.39 is 11.1 Å². The van der Waals surface area contributed by atoms with Gasteiger partial charge in [0, 0.05) is 35.7 Å². The van der Waals surface area contributed by atoms with E-state index >= 15 is 0 Å². The zero-order chi connectivity index (χ0) is 19.7. The number of anilines is 1. The highest BCUT2D eigenvalue weighted by Gasteiger charge is 2.24. The summed E-state index contributed by atoms with van der Waals surface area (Å²) in [5, 5.41) is 14.2. The van der Waals surface area contributed by atoms with E-state index in [-0.39, 0.29) is 5.75 Å². The van der Waals surface area contributed by atoms with Crippen LogP contribution in [0, 0.1) is 11.3 Å². The number of aryl methyl sites for hydroxylation is 1. The minimum absolute atomic E-state index is 0.103. The Labute approximate surface area is 166 Å². The Morgan fingerprint density at radius 3 is 2.71 bits per heavy atom. The molecule has 0 N–H and O–H groups in total. The maximum atomic E-state index is 11.7. The third-order valence-electron chi connectivity index (χ3n) is 5.27. The number of nitriles is 1. The van der Waals surface area contributed by atoms with Crippen LogP contribution in [0.25, 0.3) is 16.6 Å². The quantitative estimate of drug-likeness (QED) is 0.620. The van der Waals surface area contributed by atoms with E-state index in [1.165, 1.54) is 0 Å². The average molecular weight is 393 g/mol. The molecule has 1 atom stereocenters. The third-order valence-corrected chi connectivity index (χ3v) is 5.79. The minimum Gasteiger partial charge on any atom is -0.772 e. The van der Waals surface area contributed by atoms with Gasteiger partial charge in [-0.05, 0) is 49.1 Å². The van der Waals surface area contributed by atoms with Gasteiger partial charge < -0.3 is 9.45 Å². The molecule has 4 rings (SSSR count). The Kier molecular flexibility index (Phi) is 5.16. The zero-order valence-corrected chi connectivity index (χ0v) is 16.5. The largest absolute Gasteiger partial charge is 0.772 e. The fraction of sp³-hybridized carbons (Fsp3) is 0.333. The van der Waals surface area contributed by atoms with E-state index in [1.54, 1.807) is 6.07 Å². The fourth-order valence-electron chi connectivity index (χ4n) is 3.97. The van der Waals surface area contributed by atoms with Gasteiger partial charge in [0.25, 0.3) is 0 Å². The van der Waals surface area contributed by atoms with E-state index in [1.807, 2.05) is 34.8 Å². The van der Waals surface area contributed by atoms with Crippen LogP contribution in [0.1, 0.15) is 36.6 Å². The molecule has 6 nitrogen and oxygen atoms in total. The van der Waals surface area contributed by atoms with Gasteiger partial charge >= 0.3 is 0 Å². The molecule has 1 aromatic carbocycles. The van der Waals surface area contributed by atoms with Crippen molar-refractivity contribution in [3.63, 3.8) is 0 Å². The number of nitrogens with zero attached hydrogens (tertiary/aromatic N) is 4. The van der Waals surface area contributed by atoms with Crippen molar-refractivity contribution in [2.24, 2.45) is 0 Å². The summed E-state index contributed by atoms with van der Waals surface area (Å²) in [6.07, 6.45) is 2.97. The summed E-state index contributed by atoms with van der Waals surface area (Å²) in [6.45, 7) is 3.82. The summed E-state index contributed by atoms with van der Waals surface area (Å²) >= 11 is -2.25. The molecule has 0 aliphatic carbocycles. The molecule has 0 saturated carbocycles. The first-order valence-electron chi connectivity index (χ1n) is 9.47. The highest BCUT2D eigenvalue weighted by Crippen LogP contribution is 2.37. The Bertz CT molecular complexity index is 1090. The molecule has 3 aromatic rings. The first-order chi connectivity index (χ1) is 13.6. The Morgan fingerprint density at radius 2 is 2.04 bits per heavy atom. The van der Waals surface area contributed by atoms with E-state index in [4.69, 9.17) is 5.10 Å². The monoisotopic (exact) mass is 393 g/mol. The molecule has 1 unspecified atom stereocenters. The molecule has 0 bridgehead atoms. The number of hydrogen-bond donors (Lipinski definition) is 0. The summed E-state index contributed by atoms with van der Waals surface area (Å²) in [5.41, 5.74) is 4.88. The van der Waals surface area contributed by atoms with Gasteiger partial charge in [-0.1, -0.05) is 30.1 Å². The topological polar surface area (TPSA) is 84.5 Å². The highest BCUT2D eigenvalue weighted by atomic mass is 32.2. The number of fused-ring (bicyclic) bond motifs is 1. The van der Waals surface area contributed by atoms with Crippen LogP contribution in [0.3, 0.4) is 0 Å². The molecule has 7 heteroatoms.